The number of carbonyl (C=O) groups is 1. The molecule has 1 fully saturated rings. The van der Waals surface area contributed by atoms with Crippen LogP contribution in [-0.2, 0) is 11.3 Å². The number of furan rings is 1. The van der Waals surface area contributed by atoms with Crippen molar-refractivity contribution < 1.29 is 13.9 Å². The van der Waals surface area contributed by atoms with Gasteiger partial charge in [-0.3, -0.25) is 9.59 Å². The number of nitrogens with zero attached hydrogens (tertiary/aromatic N) is 4. The molecule has 176 valence electrons. The third-order valence-corrected chi connectivity index (χ3v) is 6.92. The van der Waals surface area contributed by atoms with E-state index < -0.39 is 11.5 Å². The molecule has 1 N–H and O–H groups in total. The largest absolute Gasteiger partial charge is 0.495 e. The average Bonchev–Trinajstić information content (AvgIpc) is 3.53. The maximum Gasteiger partial charge on any atom is 0.294 e. The molecule has 0 unspecified atom stereocenters. The van der Waals surface area contributed by atoms with Gasteiger partial charge in [0.1, 0.15) is 18.0 Å². The summed E-state index contributed by atoms with van der Waals surface area (Å²) in [6.45, 7) is 3.49. The Morgan fingerprint density at radius 1 is 1.24 bits per heavy atom. The summed E-state index contributed by atoms with van der Waals surface area (Å²) in [5, 5.41) is 8.14. The average molecular weight is 480 g/mol. The van der Waals surface area contributed by atoms with Crippen molar-refractivity contribution in [2.45, 2.75) is 32.7 Å². The van der Waals surface area contributed by atoms with Crippen LogP contribution in [0.25, 0.3) is 21.7 Å². The first-order chi connectivity index (χ1) is 16.5. The summed E-state index contributed by atoms with van der Waals surface area (Å²) in [5.41, 5.74) is 1.90. The van der Waals surface area contributed by atoms with E-state index in [9.17, 15) is 9.59 Å². The van der Waals surface area contributed by atoms with Gasteiger partial charge in [0, 0.05) is 13.1 Å². The topological polar surface area (TPSA) is 102 Å². The highest BCUT2D eigenvalue weighted by molar-refractivity contribution is 7.22. The number of methoxy groups -OCH3 is 1. The minimum Gasteiger partial charge on any atom is -0.495 e. The van der Waals surface area contributed by atoms with Crippen LogP contribution in [0.5, 0.6) is 5.75 Å². The first-order valence-electron chi connectivity index (χ1n) is 11.2. The van der Waals surface area contributed by atoms with Crippen LogP contribution in [0.4, 0.5) is 10.8 Å². The van der Waals surface area contributed by atoms with Crippen molar-refractivity contribution in [3.63, 3.8) is 0 Å². The molecule has 1 aliphatic heterocycles. The van der Waals surface area contributed by atoms with E-state index in [0.29, 0.717) is 33.1 Å². The number of benzene rings is 1. The summed E-state index contributed by atoms with van der Waals surface area (Å²) >= 11 is 1.44. The maximum absolute atomic E-state index is 13.3. The Morgan fingerprint density at radius 3 is 2.79 bits per heavy atom. The number of ether oxygens (including phenoxy) is 1. The van der Waals surface area contributed by atoms with Crippen molar-refractivity contribution >= 4 is 38.3 Å². The van der Waals surface area contributed by atoms with E-state index in [-0.39, 0.29) is 6.54 Å². The van der Waals surface area contributed by atoms with Crippen molar-refractivity contribution in [1.29, 1.82) is 0 Å². The summed E-state index contributed by atoms with van der Waals surface area (Å²) in [6.07, 6.45) is 4.97. The number of fused-ring (bicyclic) bond motifs is 1. The Morgan fingerprint density at radius 2 is 2.06 bits per heavy atom. The number of hydrogen-bond acceptors (Lipinski definition) is 8. The molecular weight excluding hydrogens is 454 g/mol. The molecule has 10 heteroatoms. The van der Waals surface area contributed by atoms with Crippen LogP contribution in [-0.4, -0.2) is 40.9 Å². The Hall–Kier alpha value is -3.66. The molecule has 0 saturated carbocycles. The lowest BCUT2D eigenvalue weighted by Crippen LogP contribution is -2.31. The van der Waals surface area contributed by atoms with E-state index in [1.807, 2.05) is 19.1 Å². The minimum atomic E-state index is -0.406. The molecule has 1 aromatic carbocycles. The van der Waals surface area contributed by atoms with Gasteiger partial charge in [-0.15, -0.1) is 0 Å². The number of anilines is 2. The second-order valence-electron chi connectivity index (χ2n) is 8.26. The van der Waals surface area contributed by atoms with Crippen molar-refractivity contribution in [1.82, 2.24) is 14.8 Å². The van der Waals surface area contributed by atoms with Crippen molar-refractivity contribution in [3.8, 4) is 17.2 Å². The summed E-state index contributed by atoms with van der Waals surface area (Å²) < 4.78 is 12.7. The molecule has 1 aliphatic rings. The van der Waals surface area contributed by atoms with Gasteiger partial charge in [-0.25, -0.2) is 9.67 Å². The molecule has 0 bridgehead atoms. The summed E-state index contributed by atoms with van der Waals surface area (Å²) in [6, 6.07) is 9.05. The second kappa shape index (κ2) is 9.30. The van der Waals surface area contributed by atoms with E-state index in [1.165, 1.54) is 24.9 Å². The lowest BCUT2D eigenvalue weighted by molar-refractivity contribution is -0.117. The molecule has 0 radical (unpaired) electrons. The molecule has 0 atom stereocenters. The molecule has 1 saturated heterocycles. The van der Waals surface area contributed by atoms with Crippen LogP contribution in [0, 0.1) is 6.92 Å². The number of piperidine rings is 1. The highest BCUT2D eigenvalue weighted by Crippen LogP contribution is 2.35. The standard InChI is InChI=1S/C24H25N5O4S/c1-15-8-9-17(32-2)16(13-15)25-19(30)14-29-23(31)21-22(20(27-29)18-7-6-12-33-18)34-24(26-21)28-10-4-3-5-11-28/h6-9,12-13H,3-5,10-11,14H2,1-2H3,(H,25,30). The third kappa shape index (κ3) is 4.28. The van der Waals surface area contributed by atoms with E-state index in [4.69, 9.17) is 9.15 Å². The maximum atomic E-state index is 13.3. The Labute approximate surface area is 200 Å². The van der Waals surface area contributed by atoms with Gasteiger partial charge >= 0.3 is 0 Å². The number of aromatic nitrogens is 3. The summed E-state index contributed by atoms with van der Waals surface area (Å²) in [4.78, 5) is 33.1. The summed E-state index contributed by atoms with van der Waals surface area (Å²) in [7, 11) is 1.54. The van der Waals surface area contributed by atoms with Crippen LogP contribution in [0.1, 0.15) is 24.8 Å². The number of carbonyl (C=O) groups excluding carboxylic acids is 1. The van der Waals surface area contributed by atoms with Crippen LogP contribution in [0.15, 0.2) is 45.8 Å². The lowest BCUT2D eigenvalue weighted by Gasteiger charge is -2.25. The van der Waals surface area contributed by atoms with Gasteiger partial charge in [0.25, 0.3) is 5.56 Å². The first-order valence-corrected chi connectivity index (χ1v) is 12.0. The van der Waals surface area contributed by atoms with Gasteiger partial charge in [-0.2, -0.15) is 5.10 Å². The fraction of sp³-hybridized carbons (Fsp3) is 0.333. The highest BCUT2D eigenvalue weighted by Gasteiger charge is 2.23. The molecule has 0 spiro atoms. The smallest absolute Gasteiger partial charge is 0.294 e. The van der Waals surface area contributed by atoms with Crippen LogP contribution in [0.3, 0.4) is 0 Å². The number of aryl methyl sites for hydroxylation is 1. The van der Waals surface area contributed by atoms with Crippen molar-refractivity contribution in [2.75, 3.05) is 30.4 Å². The van der Waals surface area contributed by atoms with Gasteiger partial charge in [-0.05, 0) is 56.0 Å². The number of nitrogens with one attached hydrogen (secondary N) is 1. The Bertz CT molecular complexity index is 1390. The SMILES string of the molecule is COc1ccc(C)cc1NC(=O)Cn1nc(-c2ccco2)c2sc(N3CCCCC3)nc2c1=O. The Balaban J connectivity index is 1.52. The van der Waals surface area contributed by atoms with Crippen LogP contribution < -0.4 is 20.5 Å². The molecule has 34 heavy (non-hydrogen) atoms. The molecule has 1 amide bonds. The second-order valence-corrected chi connectivity index (χ2v) is 9.24. The zero-order valence-electron chi connectivity index (χ0n) is 19.0. The molecule has 5 rings (SSSR count). The van der Waals surface area contributed by atoms with E-state index >= 15 is 0 Å². The molecule has 9 nitrogen and oxygen atoms in total. The highest BCUT2D eigenvalue weighted by atomic mass is 32.1. The predicted molar refractivity (Wildman–Crippen MR) is 132 cm³/mol. The molecule has 0 aliphatic carbocycles. The number of hydrogen-bond donors (Lipinski definition) is 1. The predicted octanol–water partition coefficient (Wildman–Crippen LogP) is 4.06. The molecule has 4 heterocycles. The first kappa shape index (κ1) is 22.1. The van der Waals surface area contributed by atoms with Gasteiger partial charge in [0.15, 0.2) is 16.4 Å². The van der Waals surface area contributed by atoms with Crippen molar-refractivity contribution in [2.24, 2.45) is 0 Å². The monoisotopic (exact) mass is 479 g/mol. The normalized spacial score (nSPS) is 13.9. The lowest BCUT2D eigenvalue weighted by atomic mass is 10.1. The zero-order chi connectivity index (χ0) is 23.7. The van der Waals surface area contributed by atoms with Crippen LogP contribution in [0.2, 0.25) is 0 Å². The van der Waals surface area contributed by atoms with Gasteiger partial charge < -0.3 is 19.4 Å². The van der Waals surface area contributed by atoms with Gasteiger partial charge in [0.2, 0.25) is 5.91 Å². The molecular formula is C24H25N5O4S. The Kier molecular flexibility index (Phi) is 6.06. The zero-order valence-corrected chi connectivity index (χ0v) is 19.9. The van der Waals surface area contributed by atoms with Crippen molar-refractivity contribution in [3.05, 3.63) is 52.5 Å². The van der Waals surface area contributed by atoms with Gasteiger partial charge in [0.05, 0.1) is 23.8 Å². The van der Waals surface area contributed by atoms with E-state index in [2.05, 4.69) is 20.3 Å². The van der Waals surface area contributed by atoms with E-state index in [1.54, 1.807) is 24.5 Å². The number of thiazole rings is 1. The van der Waals surface area contributed by atoms with E-state index in [0.717, 1.165) is 41.3 Å². The fourth-order valence-electron chi connectivity index (χ4n) is 4.10. The number of rotatable bonds is 6. The van der Waals surface area contributed by atoms with Crippen LogP contribution >= 0.6 is 11.3 Å². The molecule has 3 aromatic heterocycles. The quantitative estimate of drug-likeness (QED) is 0.445. The molecule has 4 aromatic rings. The minimum absolute atomic E-state index is 0.268. The third-order valence-electron chi connectivity index (χ3n) is 5.79. The fourth-order valence-corrected chi connectivity index (χ4v) is 5.19. The van der Waals surface area contributed by atoms with Gasteiger partial charge in [-0.1, -0.05) is 17.4 Å². The number of amides is 1. The summed E-state index contributed by atoms with van der Waals surface area (Å²) in [5.74, 6) is 0.666.